The minimum Gasteiger partial charge on any atom is -0.329 e. The lowest BCUT2D eigenvalue weighted by Gasteiger charge is -2.13. The average Bonchev–Trinajstić information content (AvgIpc) is 2.74. The van der Waals surface area contributed by atoms with Crippen molar-refractivity contribution in [2.45, 2.75) is 33.7 Å². The molecule has 0 saturated carbocycles. The number of nitriles is 1. The van der Waals surface area contributed by atoms with Gasteiger partial charge in [-0.1, -0.05) is 6.92 Å². The number of hydrogen-bond acceptors (Lipinski definition) is 3. The summed E-state index contributed by atoms with van der Waals surface area (Å²) in [5.41, 5.74) is 2.59. The molecule has 5 heteroatoms. The zero-order chi connectivity index (χ0) is 12.6. The maximum atomic E-state index is 12.2. The molecule has 0 amide bonds. The molecule has 0 aliphatic heterocycles. The van der Waals surface area contributed by atoms with Crippen molar-refractivity contribution in [2.75, 3.05) is 0 Å². The average molecular weight is 230 g/mol. The van der Waals surface area contributed by atoms with Crippen LogP contribution in [0.5, 0.6) is 0 Å². The Morgan fingerprint density at radius 1 is 1.47 bits per heavy atom. The number of fused-ring (bicyclic) bond motifs is 1. The maximum Gasteiger partial charge on any atom is 0.277 e. The lowest BCUT2D eigenvalue weighted by atomic mass is 10.2. The Hall–Kier alpha value is -2.09. The van der Waals surface area contributed by atoms with Crippen LogP contribution in [0.2, 0.25) is 0 Å². The number of rotatable bonds is 2. The van der Waals surface area contributed by atoms with Gasteiger partial charge in [-0.15, -0.1) is 0 Å². The SMILES string of the molecule is CCc1c(C)n(CC)c2c(C#N)cnn2c1=O. The van der Waals surface area contributed by atoms with Crippen molar-refractivity contribution in [1.29, 1.82) is 5.26 Å². The molecule has 88 valence electrons. The summed E-state index contributed by atoms with van der Waals surface area (Å²) in [4.78, 5) is 12.2. The molecule has 0 bridgehead atoms. The van der Waals surface area contributed by atoms with E-state index in [4.69, 9.17) is 5.26 Å². The molecular formula is C12H14N4O. The molecule has 2 aromatic rings. The molecule has 0 unspecified atom stereocenters. The van der Waals surface area contributed by atoms with Gasteiger partial charge in [0.05, 0.1) is 6.20 Å². The molecule has 0 spiro atoms. The summed E-state index contributed by atoms with van der Waals surface area (Å²) in [6.07, 6.45) is 2.12. The zero-order valence-electron chi connectivity index (χ0n) is 10.2. The van der Waals surface area contributed by atoms with Crippen molar-refractivity contribution in [1.82, 2.24) is 14.2 Å². The van der Waals surface area contributed by atoms with Gasteiger partial charge in [0.15, 0.2) is 5.65 Å². The summed E-state index contributed by atoms with van der Waals surface area (Å²) >= 11 is 0. The van der Waals surface area contributed by atoms with E-state index < -0.39 is 0 Å². The van der Waals surface area contributed by atoms with E-state index in [1.807, 2.05) is 25.3 Å². The van der Waals surface area contributed by atoms with Crippen LogP contribution in [-0.4, -0.2) is 14.2 Å². The molecular weight excluding hydrogens is 216 g/mol. The summed E-state index contributed by atoms with van der Waals surface area (Å²) in [7, 11) is 0. The van der Waals surface area contributed by atoms with Gasteiger partial charge in [0, 0.05) is 17.8 Å². The van der Waals surface area contributed by atoms with Crippen molar-refractivity contribution in [3.05, 3.63) is 33.4 Å². The highest BCUT2D eigenvalue weighted by Gasteiger charge is 2.15. The van der Waals surface area contributed by atoms with Gasteiger partial charge in [-0.05, 0) is 20.3 Å². The first-order valence-corrected chi connectivity index (χ1v) is 5.65. The molecule has 0 radical (unpaired) electrons. The smallest absolute Gasteiger partial charge is 0.277 e. The number of aryl methyl sites for hydroxylation is 1. The standard InChI is InChI=1S/C12H14N4O/c1-4-10-8(3)15(5-2)11-9(6-13)7-14-16(11)12(10)17/h7H,4-5H2,1-3H3. The van der Waals surface area contributed by atoms with Crippen molar-refractivity contribution < 1.29 is 0 Å². The van der Waals surface area contributed by atoms with Crippen LogP contribution in [0.3, 0.4) is 0 Å². The van der Waals surface area contributed by atoms with Gasteiger partial charge in [-0.3, -0.25) is 4.79 Å². The quantitative estimate of drug-likeness (QED) is 0.780. The molecule has 0 fully saturated rings. The van der Waals surface area contributed by atoms with Gasteiger partial charge in [-0.25, -0.2) is 0 Å². The van der Waals surface area contributed by atoms with Gasteiger partial charge in [-0.2, -0.15) is 14.9 Å². The van der Waals surface area contributed by atoms with Gasteiger partial charge in [0.25, 0.3) is 5.56 Å². The highest BCUT2D eigenvalue weighted by molar-refractivity contribution is 5.56. The fourth-order valence-electron chi connectivity index (χ4n) is 2.23. The van der Waals surface area contributed by atoms with Gasteiger partial charge < -0.3 is 4.57 Å². The first kappa shape index (κ1) is 11.4. The van der Waals surface area contributed by atoms with Crippen LogP contribution in [0.25, 0.3) is 5.65 Å². The third kappa shape index (κ3) is 1.45. The second-order valence-corrected chi connectivity index (χ2v) is 3.87. The fraction of sp³-hybridized carbons (Fsp3) is 0.417. The molecule has 2 rings (SSSR count). The van der Waals surface area contributed by atoms with Crippen molar-refractivity contribution >= 4 is 5.65 Å². The van der Waals surface area contributed by atoms with Crippen LogP contribution in [0.1, 0.15) is 30.7 Å². The van der Waals surface area contributed by atoms with E-state index in [-0.39, 0.29) is 5.56 Å². The van der Waals surface area contributed by atoms with E-state index >= 15 is 0 Å². The Balaban J connectivity index is 3.05. The topological polar surface area (TPSA) is 63.1 Å². The van der Waals surface area contributed by atoms with Crippen molar-refractivity contribution in [3.63, 3.8) is 0 Å². The van der Waals surface area contributed by atoms with E-state index in [9.17, 15) is 4.79 Å². The Morgan fingerprint density at radius 3 is 2.71 bits per heavy atom. The molecule has 2 heterocycles. The first-order chi connectivity index (χ1) is 8.15. The molecule has 0 aliphatic carbocycles. The van der Waals surface area contributed by atoms with Crippen LogP contribution >= 0.6 is 0 Å². The molecule has 0 N–H and O–H groups in total. The van der Waals surface area contributed by atoms with Crippen LogP contribution in [-0.2, 0) is 13.0 Å². The van der Waals surface area contributed by atoms with Gasteiger partial charge in [0.2, 0.25) is 0 Å². The number of nitrogens with zero attached hydrogens (tertiary/aromatic N) is 4. The summed E-state index contributed by atoms with van der Waals surface area (Å²) < 4.78 is 3.29. The van der Waals surface area contributed by atoms with E-state index in [2.05, 4.69) is 11.2 Å². The van der Waals surface area contributed by atoms with Gasteiger partial charge >= 0.3 is 0 Å². The van der Waals surface area contributed by atoms with Crippen LogP contribution < -0.4 is 5.56 Å². The van der Waals surface area contributed by atoms with E-state index in [1.54, 1.807) is 0 Å². The van der Waals surface area contributed by atoms with Crippen molar-refractivity contribution in [3.8, 4) is 6.07 Å². The predicted octanol–water partition coefficient (Wildman–Crippen LogP) is 1.26. The van der Waals surface area contributed by atoms with E-state index in [1.165, 1.54) is 10.7 Å². The normalized spacial score (nSPS) is 10.7. The molecule has 0 aromatic carbocycles. The minimum atomic E-state index is -0.119. The molecule has 0 atom stereocenters. The number of hydrogen-bond donors (Lipinski definition) is 0. The summed E-state index contributed by atoms with van der Waals surface area (Å²) in [5.74, 6) is 0. The number of aromatic nitrogens is 3. The Bertz CT molecular complexity index is 672. The van der Waals surface area contributed by atoms with Crippen molar-refractivity contribution in [2.24, 2.45) is 0 Å². The summed E-state index contributed by atoms with van der Waals surface area (Å²) in [5, 5.41) is 13.0. The third-order valence-corrected chi connectivity index (χ3v) is 3.08. The Morgan fingerprint density at radius 2 is 2.18 bits per heavy atom. The second-order valence-electron chi connectivity index (χ2n) is 3.87. The minimum absolute atomic E-state index is 0.119. The molecule has 5 nitrogen and oxygen atoms in total. The van der Waals surface area contributed by atoms with Crippen LogP contribution in [0.4, 0.5) is 0 Å². The van der Waals surface area contributed by atoms with E-state index in [0.717, 1.165) is 11.3 Å². The zero-order valence-corrected chi connectivity index (χ0v) is 10.2. The highest BCUT2D eigenvalue weighted by atomic mass is 16.1. The Kier molecular flexibility index (Phi) is 2.72. The molecule has 17 heavy (non-hydrogen) atoms. The van der Waals surface area contributed by atoms with Crippen LogP contribution in [0, 0.1) is 18.3 Å². The molecule has 2 aromatic heterocycles. The molecule has 0 saturated heterocycles. The lowest BCUT2D eigenvalue weighted by Crippen LogP contribution is -2.25. The van der Waals surface area contributed by atoms with Gasteiger partial charge in [0.1, 0.15) is 11.6 Å². The first-order valence-electron chi connectivity index (χ1n) is 5.65. The summed E-state index contributed by atoms with van der Waals surface area (Å²) in [6.45, 7) is 6.57. The fourth-order valence-corrected chi connectivity index (χ4v) is 2.23. The van der Waals surface area contributed by atoms with E-state index in [0.29, 0.717) is 24.2 Å². The Labute approximate surface area is 98.9 Å². The summed E-state index contributed by atoms with van der Waals surface area (Å²) in [6, 6.07) is 2.07. The van der Waals surface area contributed by atoms with Crippen LogP contribution in [0.15, 0.2) is 11.0 Å². The predicted molar refractivity (Wildman–Crippen MR) is 64.0 cm³/mol. The highest BCUT2D eigenvalue weighted by Crippen LogP contribution is 2.13. The lowest BCUT2D eigenvalue weighted by molar-refractivity contribution is 0.697. The third-order valence-electron chi connectivity index (χ3n) is 3.08. The largest absolute Gasteiger partial charge is 0.329 e. The molecule has 0 aliphatic rings. The monoisotopic (exact) mass is 230 g/mol. The second kappa shape index (κ2) is 4.06. The maximum absolute atomic E-state index is 12.2.